The first-order chi connectivity index (χ1) is 10.9. The van der Waals surface area contributed by atoms with Crippen LogP contribution in [0.1, 0.15) is 71.1 Å². The minimum Gasteiger partial charge on any atom is -0.481 e. The number of hydrogen-bond donors (Lipinski definition) is 5. The molecule has 0 saturated heterocycles. The lowest BCUT2D eigenvalue weighted by atomic mass is 10.1. The van der Waals surface area contributed by atoms with Gasteiger partial charge in [0.15, 0.2) is 0 Å². The highest BCUT2D eigenvalue weighted by Gasteiger charge is 2.10. The molecule has 0 fully saturated rings. The number of hydrogen-bond acceptors (Lipinski definition) is 6. The van der Waals surface area contributed by atoms with Gasteiger partial charge in [-0.05, 0) is 6.42 Å². The second kappa shape index (κ2) is 19.4. The number of carboxylic acid groups (broad SMARTS) is 1. The molecule has 0 heterocycles. The Hall–Kier alpha value is -0.665. The van der Waals surface area contributed by atoms with Crippen LogP contribution in [0, 0.1) is 0 Å². The summed E-state index contributed by atoms with van der Waals surface area (Å²) in [5, 5.41) is 41.2. The predicted molar refractivity (Wildman–Crippen MR) is 88.7 cm³/mol. The Morgan fingerprint density at radius 2 is 1.48 bits per heavy atom. The number of unbranched alkanes of at least 4 members (excludes halogenated alkanes) is 8. The first-order valence-electron chi connectivity index (χ1n) is 8.42. The fourth-order valence-corrected chi connectivity index (χ4v) is 1.84. The van der Waals surface area contributed by atoms with Gasteiger partial charge < -0.3 is 30.0 Å². The Bertz CT molecular complexity index is 252. The van der Waals surface area contributed by atoms with Crippen LogP contribution in [0.15, 0.2) is 0 Å². The number of aliphatic hydroxyl groups excluding tert-OH is 2. The van der Waals surface area contributed by atoms with Crippen molar-refractivity contribution in [1.29, 1.82) is 0 Å². The third kappa shape index (κ3) is 26.5. The normalized spacial score (nSPS) is 11.5. The van der Waals surface area contributed by atoms with Crippen molar-refractivity contribution in [2.45, 2.75) is 77.2 Å². The number of rotatable bonds is 14. The van der Waals surface area contributed by atoms with Crippen LogP contribution in [0.25, 0.3) is 0 Å². The molecule has 0 rings (SSSR count). The molecule has 0 aliphatic rings. The average molecular weight is 336 g/mol. The van der Waals surface area contributed by atoms with E-state index < -0.39 is 26.0 Å². The SMILES string of the molecule is CCCCCCCCCCCC(=O)O.OCC(O)COB(O)O. The Balaban J connectivity index is 0. The van der Waals surface area contributed by atoms with Gasteiger partial charge in [-0.2, -0.15) is 0 Å². The average Bonchev–Trinajstić information content (AvgIpc) is 2.51. The molecular weight excluding hydrogens is 303 g/mol. The molecule has 23 heavy (non-hydrogen) atoms. The van der Waals surface area contributed by atoms with E-state index >= 15 is 0 Å². The van der Waals surface area contributed by atoms with Crippen molar-refractivity contribution >= 4 is 13.3 Å². The first kappa shape index (κ1) is 24.6. The first-order valence-corrected chi connectivity index (χ1v) is 8.42. The summed E-state index contributed by atoms with van der Waals surface area (Å²) in [6, 6.07) is 0. The van der Waals surface area contributed by atoms with Gasteiger partial charge in [0, 0.05) is 6.42 Å². The zero-order valence-corrected chi connectivity index (χ0v) is 14.2. The number of carboxylic acids is 1. The molecule has 0 amide bonds. The minimum atomic E-state index is -1.88. The highest BCUT2D eigenvalue weighted by Crippen LogP contribution is 2.10. The van der Waals surface area contributed by atoms with Crippen molar-refractivity contribution < 1.29 is 34.8 Å². The van der Waals surface area contributed by atoms with E-state index in [-0.39, 0.29) is 6.61 Å². The molecule has 138 valence electrons. The van der Waals surface area contributed by atoms with Crippen LogP contribution in [0.3, 0.4) is 0 Å². The Morgan fingerprint density at radius 3 is 1.87 bits per heavy atom. The number of aliphatic hydroxyl groups is 2. The van der Waals surface area contributed by atoms with Crippen LogP contribution in [-0.2, 0) is 9.45 Å². The lowest BCUT2D eigenvalue weighted by Gasteiger charge is -2.05. The second-order valence-electron chi connectivity index (χ2n) is 5.47. The molecule has 0 saturated carbocycles. The molecule has 7 nitrogen and oxygen atoms in total. The monoisotopic (exact) mass is 336 g/mol. The fraction of sp³-hybridized carbons (Fsp3) is 0.933. The summed E-state index contributed by atoms with van der Waals surface area (Å²) in [5.74, 6) is -0.659. The maximum Gasteiger partial charge on any atom is 0.633 e. The van der Waals surface area contributed by atoms with Gasteiger partial charge in [0.2, 0.25) is 0 Å². The van der Waals surface area contributed by atoms with E-state index in [2.05, 4.69) is 11.6 Å². The summed E-state index contributed by atoms with van der Waals surface area (Å²) in [6.45, 7) is 1.49. The van der Waals surface area contributed by atoms with E-state index in [1.54, 1.807) is 0 Å². The van der Waals surface area contributed by atoms with Gasteiger partial charge in [0.25, 0.3) is 0 Å². The molecule has 0 radical (unpaired) electrons. The van der Waals surface area contributed by atoms with Gasteiger partial charge >= 0.3 is 13.3 Å². The van der Waals surface area contributed by atoms with Crippen molar-refractivity contribution in [2.75, 3.05) is 13.2 Å². The summed E-state index contributed by atoms with van der Waals surface area (Å²) in [5.41, 5.74) is 0. The standard InChI is InChI=1S/C12H24O2.C3H9BO5/c1-2-3-4-5-6-7-8-9-10-11-12(13)14;5-1-3(6)2-9-4(7)8/h2-11H2,1H3,(H,13,14);3,5-8H,1-2H2. The lowest BCUT2D eigenvalue weighted by molar-refractivity contribution is -0.137. The molecule has 0 aliphatic heterocycles. The molecule has 1 unspecified atom stereocenters. The highest BCUT2D eigenvalue weighted by atomic mass is 16.6. The van der Waals surface area contributed by atoms with Crippen molar-refractivity contribution in [3.8, 4) is 0 Å². The van der Waals surface area contributed by atoms with Gasteiger partial charge in [-0.3, -0.25) is 4.79 Å². The van der Waals surface area contributed by atoms with Gasteiger partial charge in [0.1, 0.15) is 0 Å². The summed E-state index contributed by atoms with van der Waals surface area (Å²) in [4.78, 5) is 10.2. The third-order valence-electron chi connectivity index (χ3n) is 3.14. The van der Waals surface area contributed by atoms with E-state index in [0.29, 0.717) is 6.42 Å². The smallest absolute Gasteiger partial charge is 0.481 e. The molecular formula is C15H33BO7. The highest BCUT2D eigenvalue weighted by molar-refractivity contribution is 6.32. The van der Waals surface area contributed by atoms with Crippen LogP contribution in [0.4, 0.5) is 0 Å². The summed E-state index contributed by atoms with van der Waals surface area (Å²) < 4.78 is 4.10. The molecule has 0 spiro atoms. The Labute approximate surface area is 139 Å². The largest absolute Gasteiger partial charge is 0.633 e. The van der Waals surface area contributed by atoms with E-state index in [1.807, 2.05) is 0 Å². The number of aliphatic carboxylic acids is 1. The van der Waals surface area contributed by atoms with Gasteiger partial charge in [-0.1, -0.05) is 58.3 Å². The van der Waals surface area contributed by atoms with Crippen molar-refractivity contribution in [2.24, 2.45) is 0 Å². The van der Waals surface area contributed by atoms with Gasteiger partial charge in [-0.25, -0.2) is 0 Å². The molecule has 1 atom stereocenters. The van der Waals surface area contributed by atoms with Crippen LogP contribution < -0.4 is 0 Å². The lowest BCUT2D eigenvalue weighted by Crippen LogP contribution is -2.26. The van der Waals surface area contributed by atoms with Gasteiger partial charge in [0.05, 0.1) is 19.3 Å². The topological polar surface area (TPSA) is 127 Å². The number of carbonyl (C=O) groups is 1. The summed E-state index contributed by atoms with van der Waals surface area (Å²) in [6.07, 6.45) is 10.4. The summed E-state index contributed by atoms with van der Waals surface area (Å²) >= 11 is 0. The maximum absolute atomic E-state index is 10.2. The Kier molecular flexibility index (Phi) is 20.7. The van der Waals surface area contributed by atoms with Crippen molar-refractivity contribution in [1.82, 2.24) is 0 Å². The molecule has 0 aromatic carbocycles. The molecule has 0 bridgehead atoms. The van der Waals surface area contributed by atoms with E-state index in [1.165, 1.54) is 44.9 Å². The van der Waals surface area contributed by atoms with Crippen LogP contribution in [0.5, 0.6) is 0 Å². The minimum absolute atomic E-state index is 0.284. The van der Waals surface area contributed by atoms with E-state index in [9.17, 15) is 4.79 Å². The predicted octanol–water partition coefficient (Wildman–Crippen LogP) is 1.32. The van der Waals surface area contributed by atoms with Crippen molar-refractivity contribution in [3.05, 3.63) is 0 Å². The molecule has 0 aromatic rings. The Morgan fingerprint density at radius 1 is 1.00 bits per heavy atom. The quantitative estimate of drug-likeness (QED) is 0.239. The van der Waals surface area contributed by atoms with E-state index in [4.69, 9.17) is 25.4 Å². The molecule has 0 aliphatic carbocycles. The van der Waals surface area contributed by atoms with Crippen LogP contribution in [0.2, 0.25) is 0 Å². The second-order valence-corrected chi connectivity index (χ2v) is 5.47. The van der Waals surface area contributed by atoms with E-state index in [0.717, 1.165) is 12.8 Å². The maximum atomic E-state index is 10.2. The molecule has 8 heteroatoms. The summed E-state index contributed by atoms with van der Waals surface area (Å²) in [7, 11) is -1.88. The molecule has 0 aromatic heterocycles. The van der Waals surface area contributed by atoms with Crippen LogP contribution in [-0.4, -0.2) is 58.0 Å². The zero-order chi connectivity index (χ0) is 17.9. The zero-order valence-electron chi connectivity index (χ0n) is 14.2. The van der Waals surface area contributed by atoms with Crippen molar-refractivity contribution in [3.63, 3.8) is 0 Å². The third-order valence-corrected chi connectivity index (χ3v) is 3.14. The molecule has 5 N–H and O–H groups in total. The van der Waals surface area contributed by atoms with Crippen LogP contribution >= 0.6 is 0 Å². The van der Waals surface area contributed by atoms with Gasteiger partial charge in [-0.15, -0.1) is 0 Å². The fourth-order valence-electron chi connectivity index (χ4n) is 1.84.